The zero-order valence-electron chi connectivity index (χ0n) is 14.7. The van der Waals surface area contributed by atoms with Crippen molar-refractivity contribution in [1.29, 1.82) is 0 Å². The lowest BCUT2D eigenvalue weighted by Gasteiger charge is -2.22. The van der Waals surface area contributed by atoms with Crippen molar-refractivity contribution in [2.24, 2.45) is 0 Å². The van der Waals surface area contributed by atoms with Gasteiger partial charge in [0.05, 0.1) is 16.4 Å². The maximum atomic E-state index is 14.4. The molecule has 2 rings (SSSR count). The Morgan fingerprint density at radius 3 is 2.36 bits per heavy atom. The number of urea groups is 1. The number of anilines is 2. The molecule has 0 atom stereocenters. The van der Waals surface area contributed by atoms with E-state index in [-0.39, 0.29) is 29.0 Å². The van der Waals surface area contributed by atoms with Gasteiger partial charge in [0.1, 0.15) is 12.4 Å². The first-order chi connectivity index (χ1) is 11.6. The first-order valence-electron chi connectivity index (χ1n) is 8.12. The highest BCUT2D eigenvalue weighted by Crippen LogP contribution is 2.47. The van der Waals surface area contributed by atoms with Gasteiger partial charge in [-0.2, -0.15) is 0 Å². The van der Waals surface area contributed by atoms with Crippen LogP contribution in [-0.2, 0) is 9.36 Å². The van der Waals surface area contributed by atoms with Crippen molar-refractivity contribution in [3.05, 3.63) is 23.0 Å². The fraction of sp³-hybridized carbons (Fsp3) is 0.500. The first-order valence-corrected chi connectivity index (χ1v) is 10.6. The number of rotatable bonds is 6. The van der Waals surface area contributed by atoms with E-state index in [0.29, 0.717) is 12.3 Å². The molecule has 138 valence electrons. The van der Waals surface area contributed by atoms with Crippen molar-refractivity contribution in [2.45, 2.75) is 33.7 Å². The second-order valence-corrected chi connectivity index (χ2v) is 9.82. The van der Waals surface area contributed by atoms with Crippen molar-refractivity contribution >= 4 is 42.2 Å². The molecule has 3 amide bonds. The molecule has 1 aliphatic rings. The number of carbonyl (C=O) groups excluding carboxylic acids is 2. The van der Waals surface area contributed by atoms with E-state index in [9.17, 15) is 18.5 Å². The topological polar surface area (TPSA) is 69.7 Å². The van der Waals surface area contributed by atoms with Crippen LogP contribution in [0, 0.1) is 5.82 Å². The number of carbonyl (C=O) groups is 2. The van der Waals surface area contributed by atoms with E-state index < -0.39 is 25.0 Å². The minimum absolute atomic E-state index is 0.0446. The van der Waals surface area contributed by atoms with Crippen molar-refractivity contribution < 1.29 is 18.5 Å². The van der Waals surface area contributed by atoms with Crippen molar-refractivity contribution in [3.63, 3.8) is 0 Å². The first kappa shape index (κ1) is 19.7. The summed E-state index contributed by atoms with van der Waals surface area (Å²) in [4.78, 5) is 26.9. The number of amides is 3. The molecule has 9 heteroatoms. The van der Waals surface area contributed by atoms with Gasteiger partial charge in [0.25, 0.3) is 5.91 Å². The maximum Gasteiger partial charge on any atom is 0.332 e. The minimum Gasteiger partial charge on any atom is -0.335 e. The average Bonchev–Trinajstić information content (AvgIpc) is 2.85. The third-order valence-electron chi connectivity index (χ3n) is 4.24. The number of hydrogen-bond acceptors (Lipinski definition) is 3. The largest absolute Gasteiger partial charge is 0.335 e. The van der Waals surface area contributed by atoms with Gasteiger partial charge in [0.2, 0.25) is 0 Å². The molecule has 25 heavy (non-hydrogen) atoms. The molecule has 1 fully saturated rings. The zero-order chi connectivity index (χ0) is 18.9. The van der Waals surface area contributed by atoms with Gasteiger partial charge < -0.3 is 14.6 Å². The standard InChI is InChI=1S/C16H22ClFN3O3P/c1-5-25(24,6-2)19-13-8-14(12(18)7-11(13)17)21-15(22)9-20(10(3)4)16(21)23/h7-8,10H,5-6,9H2,1-4H3,(H,19,24). The molecule has 0 aliphatic carbocycles. The van der Waals surface area contributed by atoms with Crippen LogP contribution in [0.1, 0.15) is 27.7 Å². The molecule has 6 nitrogen and oxygen atoms in total. The van der Waals surface area contributed by atoms with E-state index in [2.05, 4.69) is 5.09 Å². The summed E-state index contributed by atoms with van der Waals surface area (Å²) >= 11 is 6.06. The lowest BCUT2D eigenvalue weighted by Crippen LogP contribution is -2.37. The highest BCUT2D eigenvalue weighted by Gasteiger charge is 2.40. The third kappa shape index (κ3) is 3.82. The van der Waals surface area contributed by atoms with Crippen LogP contribution in [0.4, 0.5) is 20.6 Å². The van der Waals surface area contributed by atoms with Crippen LogP contribution in [0.2, 0.25) is 5.02 Å². The van der Waals surface area contributed by atoms with Crippen LogP contribution in [0.5, 0.6) is 0 Å². The predicted molar refractivity (Wildman–Crippen MR) is 98.4 cm³/mol. The third-order valence-corrected chi connectivity index (χ3v) is 7.24. The summed E-state index contributed by atoms with van der Waals surface area (Å²) in [5.41, 5.74) is 0.0532. The lowest BCUT2D eigenvalue weighted by atomic mass is 10.2. The molecule has 1 N–H and O–H groups in total. The molecule has 1 heterocycles. The van der Waals surface area contributed by atoms with Crippen molar-refractivity contribution in [2.75, 3.05) is 28.9 Å². The van der Waals surface area contributed by atoms with E-state index in [4.69, 9.17) is 11.6 Å². The van der Waals surface area contributed by atoms with Crippen LogP contribution in [0.25, 0.3) is 0 Å². The number of nitrogens with one attached hydrogen (secondary N) is 1. The lowest BCUT2D eigenvalue weighted by molar-refractivity contribution is -0.116. The molecule has 0 unspecified atom stereocenters. The highest BCUT2D eigenvalue weighted by atomic mass is 35.5. The molecule has 0 spiro atoms. The van der Waals surface area contributed by atoms with Gasteiger partial charge >= 0.3 is 6.03 Å². The summed E-state index contributed by atoms with van der Waals surface area (Å²) in [6.45, 7) is 7.01. The average molecular weight is 390 g/mol. The van der Waals surface area contributed by atoms with E-state index in [1.54, 1.807) is 27.7 Å². The number of imide groups is 1. The monoisotopic (exact) mass is 389 g/mol. The summed E-state index contributed by atoms with van der Waals surface area (Å²) in [7, 11) is -2.71. The molecule has 1 aliphatic heterocycles. The van der Waals surface area contributed by atoms with E-state index in [0.717, 1.165) is 11.0 Å². The number of benzene rings is 1. The van der Waals surface area contributed by atoms with E-state index >= 15 is 0 Å². The van der Waals surface area contributed by atoms with E-state index in [1.165, 1.54) is 11.0 Å². The molecule has 1 aromatic rings. The van der Waals surface area contributed by atoms with E-state index in [1.807, 2.05) is 0 Å². The van der Waals surface area contributed by atoms with Crippen LogP contribution >= 0.6 is 18.9 Å². The van der Waals surface area contributed by atoms with Gasteiger partial charge in [0.15, 0.2) is 7.29 Å². The Morgan fingerprint density at radius 2 is 1.88 bits per heavy atom. The molecule has 0 bridgehead atoms. The summed E-state index contributed by atoms with van der Waals surface area (Å²) in [5.74, 6) is -1.30. The molecular formula is C16H22ClFN3O3P. The summed E-state index contributed by atoms with van der Waals surface area (Å²) in [6, 6.07) is 1.53. The fourth-order valence-corrected chi connectivity index (χ4v) is 4.21. The van der Waals surface area contributed by atoms with Gasteiger partial charge in [-0.3, -0.25) is 4.79 Å². The fourth-order valence-electron chi connectivity index (χ4n) is 2.56. The Morgan fingerprint density at radius 1 is 1.28 bits per heavy atom. The molecular weight excluding hydrogens is 368 g/mol. The molecule has 0 saturated carbocycles. The van der Waals surface area contributed by atoms with Crippen LogP contribution in [-0.4, -0.2) is 41.7 Å². The Bertz CT molecular complexity index is 748. The maximum absolute atomic E-state index is 14.4. The highest BCUT2D eigenvalue weighted by molar-refractivity contribution is 7.65. The summed E-state index contributed by atoms with van der Waals surface area (Å²) in [5, 5.41) is 2.92. The van der Waals surface area contributed by atoms with Gasteiger partial charge in [-0.1, -0.05) is 25.4 Å². The molecule has 1 saturated heterocycles. The predicted octanol–water partition coefficient (Wildman–Crippen LogP) is 4.39. The van der Waals surface area contributed by atoms with Crippen molar-refractivity contribution in [3.8, 4) is 0 Å². The van der Waals surface area contributed by atoms with Gasteiger partial charge in [-0.15, -0.1) is 0 Å². The van der Waals surface area contributed by atoms with Crippen LogP contribution < -0.4 is 9.99 Å². The van der Waals surface area contributed by atoms with Gasteiger partial charge in [-0.25, -0.2) is 14.1 Å². The second-order valence-electron chi connectivity index (χ2n) is 6.15. The minimum atomic E-state index is -2.71. The number of halogens is 2. The normalized spacial score (nSPS) is 15.5. The Hall–Kier alpha value is -1.59. The molecule has 1 aromatic carbocycles. The molecule has 0 radical (unpaired) electrons. The van der Waals surface area contributed by atoms with Crippen LogP contribution in [0.3, 0.4) is 0 Å². The SMILES string of the molecule is CCP(=O)(CC)Nc1cc(N2C(=O)CN(C(C)C)C2=O)c(F)cc1Cl. The number of nitrogens with zero attached hydrogens (tertiary/aromatic N) is 2. The summed E-state index contributed by atoms with van der Waals surface area (Å²) in [6.07, 6.45) is 0.796. The number of hydrogen-bond donors (Lipinski definition) is 1. The Kier molecular flexibility index (Phi) is 5.79. The van der Waals surface area contributed by atoms with Crippen molar-refractivity contribution in [1.82, 2.24) is 4.90 Å². The summed E-state index contributed by atoms with van der Waals surface area (Å²) < 4.78 is 27.0. The van der Waals surface area contributed by atoms with Gasteiger partial charge in [0, 0.05) is 18.4 Å². The Balaban J connectivity index is 2.46. The molecule has 0 aromatic heterocycles. The van der Waals surface area contributed by atoms with Crippen LogP contribution in [0.15, 0.2) is 12.1 Å². The quantitative estimate of drug-likeness (QED) is 0.578. The van der Waals surface area contributed by atoms with Gasteiger partial charge in [-0.05, 0) is 26.0 Å². The Labute approximate surface area is 151 Å². The second kappa shape index (κ2) is 7.34. The smallest absolute Gasteiger partial charge is 0.332 e. The zero-order valence-corrected chi connectivity index (χ0v) is 16.3.